The zero-order valence-electron chi connectivity index (χ0n) is 18.0. The van der Waals surface area contributed by atoms with Crippen LogP contribution in [-0.2, 0) is 0 Å². The molecule has 0 spiro atoms. The molecular weight excluding hydrogens is 364 g/mol. The molecule has 1 aromatic rings. The summed E-state index contributed by atoms with van der Waals surface area (Å²) < 4.78 is 5.70. The molecule has 0 unspecified atom stereocenters. The zero-order valence-corrected chi connectivity index (χ0v) is 18.0. The van der Waals surface area contributed by atoms with Crippen molar-refractivity contribution in [3.05, 3.63) is 0 Å². The number of nitrogens with one attached hydrogen (secondary N) is 1. The van der Waals surface area contributed by atoms with Crippen molar-refractivity contribution >= 4 is 17.3 Å². The molecule has 1 aromatic heterocycles. The number of aromatic nitrogens is 2. The van der Waals surface area contributed by atoms with Crippen LogP contribution in [0.5, 0.6) is 6.01 Å². The molecule has 0 atom stereocenters. The second kappa shape index (κ2) is 9.83. The first-order chi connectivity index (χ1) is 14.2. The van der Waals surface area contributed by atoms with Crippen LogP contribution in [0.15, 0.2) is 0 Å². The number of ether oxygens (including phenoxy) is 1. The summed E-state index contributed by atoms with van der Waals surface area (Å²) >= 11 is 0. The van der Waals surface area contributed by atoms with Gasteiger partial charge >= 0.3 is 6.01 Å². The predicted octanol–water partition coefficient (Wildman–Crippen LogP) is 3.86. The SMILES string of the molecule is CCCCOc1nc(N)c2c(n1)N(CCC1CCN(C3CCCCC3)CC1)CN2. The lowest BCUT2D eigenvalue weighted by molar-refractivity contribution is 0.105. The molecule has 2 fully saturated rings. The highest BCUT2D eigenvalue weighted by atomic mass is 16.5. The lowest BCUT2D eigenvalue weighted by atomic mass is 9.89. The van der Waals surface area contributed by atoms with Crippen molar-refractivity contribution in [3.63, 3.8) is 0 Å². The number of nitrogens with zero attached hydrogens (tertiary/aromatic N) is 4. The molecule has 3 heterocycles. The van der Waals surface area contributed by atoms with Gasteiger partial charge in [-0.05, 0) is 57.5 Å². The van der Waals surface area contributed by atoms with Gasteiger partial charge in [-0.25, -0.2) is 0 Å². The van der Waals surface area contributed by atoms with E-state index in [4.69, 9.17) is 10.5 Å². The molecule has 29 heavy (non-hydrogen) atoms. The second-order valence-corrected chi connectivity index (χ2v) is 8.95. The first-order valence-corrected chi connectivity index (χ1v) is 11.8. The average Bonchev–Trinajstić information content (AvgIpc) is 3.17. The third kappa shape index (κ3) is 5.05. The van der Waals surface area contributed by atoms with Crippen molar-refractivity contribution < 1.29 is 4.74 Å². The third-order valence-corrected chi connectivity index (χ3v) is 6.92. The highest BCUT2D eigenvalue weighted by molar-refractivity contribution is 5.80. The quantitative estimate of drug-likeness (QED) is 0.639. The number of hydrogen-bond acceptors (Lipinski definition) is 7. The summed E-state index contributed by atoms with van der Waals surface area (Å²) in [6.45, 7) is 7.13. The maximum absolute atomic E-state index is 6.14. The molecule has 0 aromatic carbocycles. The summed E-state index contributed by atoms with van der Waals surface area (Å²) in [6.07, 6.45) is 13.1. The standard InChI is InChI=1S/C22H38N6O/c1-2-3-15-29-22-25-20(23)19-21(26-22)28(16-24-19)14-11-17-9-12-27(13-10-17)18-7-5-4-6-8-18/h17-18,24H,2-16H2,1H3,(H2,23,25,26). The smallest absolute Gasteiger partial charge is 0.320 e. The minimum atomic E-state index is 0.407. The number of fused-ring (bicyclic) bond motifs is 1. The van der Waals surface area contributed by atoms with E-state index in [9.17, 15) is 0 Å². The maximum atomic E-state index is 6.14. The number of anilines is 3. The first kappa shape index (κ1) is 20.5. The van der Waals surface area contributed by atoms with Gasteiger partial charge < -0.3 is 25.6 Å². The summed E-state index contributed by atoms with van der Waals surface area (Å²) in [5, 5.41) is 3.36. The maximum Gasteiger partial charge on any atom is 0.320 e. The minimum Gasteiger partial charge on any atom is -0.463 e. The Morgan fingerprint density at radius 2 is 1.90 bits per heavy atom. The summed E-state index contributed by atoms with van der Waals surface area (Å²) in [6, 6.07) is 1.27. The normalized spacial score (nSPS) is 21.2. The number of nitrogens with two attached hydrogens (primary N) is 1. The van der Waals surface area contributed by atoms with Crippen LogP contribution in [0.3, 0.4) is 0 Å². The van der Waals surface area contributed by atoms with Crippen LogP contribution in [0.2, 0.25) is 0 Å². The van der Waals surface area contributed by atoms with Crippen LogP contribution in [0.4, 0.5) is 17.3 Å². The Bertz CT molecular complexity index is 655. The Balaban J connectivity index is 1.27. The summed E-state index contributed by atoms with van der Waals surface area (Å²) in [5.41, 5.74) is 7.00. The third-order valence-electron chi connectivity index (χ3n) is 6.92. The van der Waals surface area contributed by atoms with E-state index in [1.54, 1.807) is 0 Å². The molecule has 3 N–H and O–H groups in total. The number of piperidine rings is 1. The van der Waals surface area contributed by atoms with Gasteiger partial charge in [0.2, 0.25) is 0 Å². The number of hydrogen-bond donors (Lipinski definition) is 2. The molecule has 1 aliphatic carbocycles. The van der Waals surface area contributed by atoms with Gasteiger partial charge in [-0.15, -0.1) is 0 Å². The molecule has 162 valence electrons. The number of likely N-dealkylation sites (tertiary alicyclic amines) is 1. The Labute approximate surface area is 175 Å². The fourth-order valence-corrected chi connectivity index (χ4v) is 5.04. The van der Waals surface area contributed by atoms with Crippen molar-refractivity contribution in [1.82, 2.24) is 14.9 Å². The largest absolute Gasteiger partial charge is 0.463 e. The van der Waals surface area contributed by atoms with Crippen molar-refractivity contribution in [3.8, 4) is 6.01 Å². The van der Waals surface area contributed by atoms with Crippen molar-refractivity contribution in [2.45, 2.75) is 77.2 Å². The number of rotatable bonds is 8. The van der Waals surface area contributed by atoms with Crippen molar-refractivity contribution in [2.75, 3.05) is 48.9 Å². The van der Waals surface area contributed by atoms with E-state index in [0.717, 1.165) is 49.5 Å². The topological polar surface area (TPSA) is 79.5 Å². The molecular formula is C22H38N6O. The first-order valence-electron chi connectivity index (χ1n) is 11.8. The van der Waals surface area contributed by atoms with E-state index in [1.807, 2.05) is 0 Å². The summed E-state index contributed by atoms with van der Waals surface area (Å²) in [7, 11) is 0. The van der Waals surface area contributed by atoms with Gasteiger partial charge in [0.05, 0.1) is 13.3 Å². The van der Waals surface area contributed by atoms with Gasteiger partial charge in [0.25, 0.3) is 0 Å². The zero-order chi connectivity index (χ0) is 20.1. The molecule has 0 amide bonds. The second-order valence-electron chi connectivity index (χ2n) is 8.95. The summed E-state index contributed by atoms with van der Waals surface area (Å²) in [4.78, 5) is 14.0. The van der Waals surface area contributed by atoms with Crippen molar-refractivity contribution in [2.24, 2.45) is 5.92 Å². The summed E-state index contributed by atoms with van der Waals surface area (Å²) in [5.74, 6) is 2.21. The van der Waals surface area contributed by atoms with Gasteiger partial charge in [-0.2, -0.15) is 9.97 Å². The number of unbranched alkanes of at least 4 members (excludes halogenated alkanes) is 1. The van der Waals surface area contributed by atoms with Crippen LogP contribution < -0.4 is 20.7 Å². The van der Waals surface area contributed by atoms with Crippen LogP contribution >= 0.6 is 0 Å². The highest BCUT2D eigenvalue weighted by Gasteiger charge is 2.28. The van der Waals surface area contributed by atoms with Crippen LogP contribution in [-0.4, -0.2) is 53.8 Å². The Hall–Kier alpha value is -1.76. The Morgan fingerprint density at radius 3 is 2.66 bits per heavy atom. The Kier molecular flexibility index (Phi) is 6.95. The van der Waals surface area contributed by atoms with E-state index in [2.05, 4.69) is 32.0 Å². The lowest BCUT2D eigenvalue weighted by Crippen LogP contribution is -2.42. The molecule has 4 rings (SSSR count). The molecule has 2 aliphatic heterocycles. The fourth-order valence-electron chi connectivity index (χ4n) is 5.04. The average molecular weight is 403 g/mol. The van der Waals surface area contributed by atoms with Crippen LogP contribution in [0.1, 0.15) is 71.1 Å². The fraction of sp³-hybridized carbons (Fsp3) is 0.818. The lowest BCUT2D eigenvalue weighted by Gasteiger charge is -2.39. The molecule has 0 bridgehead atoms. The van der Waals surface area contributed by atoms with Gasteiger partial charge in [0.15, 0.2) is 11.6 Å². The van der Waals surface area contributed by atoms with Crippen LogP contribution in [0, 0.1) is 5.92 Å². The van der Waals surface area contributed by atoms with Crippen LogP contribution in [0.25, 0.3) is 0 Å². The van der Waals surface area contributed by atoms with E-state index in [1.165, 1.54) is 64.5 Å². The van der Waals surface area contributed by atoms with Gasteiger partial charge in [0.1, 0.15) is 5.69 Å². The van der Waals surface area contributed by atoms with Gasteiger partial charge in [-0.1, -0.05) is 32.6 Å². The minimum absolute atomic E-state index is 0.407. The van der Waals surface area contributed by atoms with E-state index < -0.39 is 0 Å². The molecule has 1 saturated carbocycles. The highest BCUT2D eigenvalue weighted by Crippen LogP contribution is 2.36. The molecule has 7 nitrogen and oxygen atoms in total. The van der Waals surface area contributed by atoms with E-state index in [0.29, 0.717) is 18.4 Å². The van der Waals surface area contributed by atoms with E-state index >= 15 is 0 Å². The monoisotopic (exact) mass is 402 g/mol. The van der Waals surface area contributed by atoms with Crippen molar-refractivity contribution in [1.29, 1.82) is 0 Å². The molecule has 0 radical (unpaired) electrons. The van der Waals surface area contributed by atoms with Gasteiger partial charge in [0, 0.05) is 12.6 Å². The van der Waals surface area contributed by atoms with E-state index in [-0.39, 0.29) is 0 Å². The van der Waals surface area contributed by atoms with Gasteiger partial charge in [-0.3, -0.25) is 0 Å². The Morgan fingerprint density at radius 1 is 1.10 bits per heavy atom. The molecule has 3 aliphatic rings. The predicted molar refractivity (Wildman–Crippen MR) is 118 cm³/mol. The number of nitrogen functional groups attached to an aromatic ring is 1. The molecule has 1 saturated heterocycles. The molecule has 7 heteroatoms.